The van der Waals surface area contributed by atoms with E-state index in [1.54, 1.807) is 42.5 Å². The zero-order chi connectivity index (χ0) is 48.0. The van der Waals surface area contributed by atoms with E-state index in [1.165, 1.54) is 4.90 Å². The second-order valence-electron chi connectivity index (χ2n) is 19.2. The van der Waals surface area contributed by atoms with Crippen LogP contribution >= 0.6 is 11.6 Å². The number of carbonyl (C=O) groups is 4. The number of halogens is 1. The lowest BCUT2D eigenvalue weighted by Gasteiger charge is -2.63. The van der Waals surface area contributed by atoms with Gasteiger partial charge in [-0.2, -0.15) is 10.5 Å². The van der Waals surface area contributed by atoms with Gasteiger partial charge in [-0.05, 0) is 70.6 Å². The van der Waals surface area contributed by atoms with Gasteiger partial charge in [0.15, 0.2) is 0 Å². The van der Waals surface area contributed by atoms with Crippen molar-refractivity contribution in [1.82, 2.24) is 20.9 Å². The van der Waals surface area contributed by atoms with Crippen LogP contribution in [0.2, 0.25) is 5.02 Å². The van der Waals surface area contributed by atoms with Crippen LogP contribution in [0.4, 0.5) is 5.69 Å². The molecule has 15 heteroatoms. The van der Waals surface area contributed by atoms with Crippen molar-refractivity contribution in [2.75, 3.05) is 31.6 Å². The van der Waals surface area contributed by atoms with Crippen LogP contribution in [0.25, 0.3) is 11.1 Å². The number of ether oxygens (including phenoxy) is 2. The third kappa shape index (κ3) is 11.3. The van der Waals surface area contributed by atoms with Crippen molar-refractivity contribution >= 4 is 40.9 Å². The van der Waals surface area contributed by atoms with Crippen molar-refractivity contribution < 1.29 is 33.8 Å². The van der Waals surface area contributed by atoms with Crippen molar-refractivity contribution in [1.29, 1.82) is 10.5 Å². The average Bonchev–Trinajstić information content (AvgIpc) is 3.69. The Morgan fingerprint density at radius 1 is 0.894 bits per heavy atom. The Balaban J connectivity index is 0.936. The Morgan fingerprint density at radius 2 is 1.53 bits per heavy atom. The van der Waals surface area contributed by atoms with Gasteiger partial charge in [-0.3, -0.25) is 19.2 Å². The number of nitrogens with zero attached hydrogens (tertiary/aromatic N) is 3. The summed E-state index contributed by atoms with van der Waals surface area (Å²) in [4.78, 5) is 55.0. The van der Waals surface area contributed by atoms with Crippen LogP contribution < -0.4 is 26.0 Å². The third-order valence-electron chi connectivity index (χ3n) is 12.4. The average molecular weight is 917 g/mol. The lowest BCUT2D eigenvalue weighted by molar-refractivity contribution is -0.164. The molecule has 0 aromatic heterocycles. The molecule has 2 fully saturated rings. The van der Waals surface area contributed by atoms with Gasteiger partial charge in [0.1, 0.15) is 36.6 Å². The number of aliphatic hydroxyl groups is 1. The van der Waals surface area contributed by atoms with Crippen molar-refractivity contribution in [3.63, 3.8) is 0 Å². The minimum Gasteiger partial charge on any atom is -0.489 e. The normalized spacial score (nSPS) is 19.8. The summed E-state index contributed by atoms with van der Waals surface area (Å²) in [5, 5.41) is 41.2. The molecule has 1 aliphatic heterocycles. The van der Waals surface area contributed by atoms with Gasteiger partial charge in [-0.15, -0.1) is 0 Å². The van der Waals surface area contributed by atoms with E-state index in [-0.39, 0.29) is 50.8 Å². The topological polar surface area (TPSA) is 206 Å². The van der Waals surface area contributed by atoms with E-state index in [1.807, 2.05) is 69.3 Å². The van der Waals surface area contributed by atoms with E-state index < -0.39 is 52.2 Å². The summed E-state index contributed by atoms with van der Waals surface area (Å²) in [6.45, 7) is 14.2. The molecule has 346 valence electrons. The zero-order valence-corrected chi connectivity index (χ0v) is 39.2. The maximum absolute atomic E-state index is 13.9. The lowest BCUT2D eigenvalue weighted by Crippen LogP contribution is -2.74. The fraction of sp³-hybridized carbons (Fsp3) is 0.412. The van der Waals surface area contributed by atoms with Crippen LogP contribution in [0.15, 0.2) is 91.0 Å². The second kappa shape index (κ2) is 20.4. The molecule has 3 atom stereocenters. The fourth-order valence-corrected chi connectivity index (χ4v) is 9.38. The molecule has 1 unspecified atom stereocenters. The smallest absolute Gasteiger partial charge is 0.251 e. The zero-order valence-electron chi connectivity index (χ0n) is 38.4. The summed E-state index contributed by atoms with van der Waals surface area (Å²) < 4.78 is 12.0. The largest absolute Gasteiger partial charge is 0.489 e. The molecular weight excluding hydrogens is 858 g/mol. The summed E-state index contributed by atoms with van der Waals surface area (Å²) in [5.41, 5.74) is 3.46. The highest BCUT2D eigenvalue weighted by Crippen LogP contribution is 2.55. The first kappa shape index (κ1) is 49.0. The molecule has 4 aromatic carbocycles. The molecule has 0 radical (unpaired) electrons. The first-order valence-electron chi connectivity index (χ1n) is 22.0. The molecule has 0 bridgehead atoms. The molecule has 14 nitrogen and oxygen atoms in total. The molecule has 0 spiro atoms. The van der Waals surface area contributed by atoms with E-state index in [9.17, 15) is 29.5 Å². The monoisotopic (exact) mass is 915 g/mol. The van der Waals surface area contributed by atoms with Crippen LogP contribution in [-0.2, 0) is 25.7 Å². The molecule has 1 saturated carbocycles. The maximum Gasteiger partial charge on any atom is 0.251 e. The minimum atomic E-state index is -0.984. The third-order valence-corrected chi connectivity index (χ3v) is 12.7. The van der Waals surface area contributed by atoms with Gasteiger partial charge in [-0.25, -0.2) is 0 Å². The fourth-order valence-electron chi connectivity index (χ4n) is 9.16. The lowest BCUT2D eigenvalue weighted by atomic mass is 9.49. The summed E-state index contributed by atoms with van der Waals surface area (Å²) in [6, 6.07) is 29.1. The number of anilines is 1. The standard InChI is InChI=1S/C51H58ClN7O7/c1-49(2,3)43(46(64)59-29-38(60)24-41(59)45(63)56-28-32-10-8-31(26-53)9-11-32)57-42(61)30-65-23-22-55-37-19-16-34(17-20-37)33-12-14-35(15-13-33)44(62)58-47-50(4,5)48(51(47,6)7)66-39-21-18-36(27-54)40(52)25-39/h8-21,25,38,41,43,47-48,55,60H,22-24,28-30H2,1-7H3,(H,56,63)(H,57,61)(H,58,62)/t38-,41+,43?,47-,48-/m1/s1. The summed E-state index contributed by atoms with van der Waals surface area (Å²) in [7, 11) is 0. The highest BCUT2D eigenvalue weighted by atomic mass is 35.5. The van der Waals surface area contributed by atoms with Crippen LogP contribution in [0, 0.1) is 38.9 Å². The van der Waals surface area contributed by atoms with E-state index in [4.69, 9.17) is 26.3 Å². The van der Waals surface area contributed by atoms with Crippen LogP contribution in [0.1, 0.15) is 81.9 Å². The van der Waals surface area contributed by atoms with Crippen LogP contribution in [0.3, 0.4) is 0 Å². The number of amides is 4. The van der Waals surface area contributed by atoms with Gasteiger partial charge >= 0.3 is 0 Å². The van der Waals surface area contributed by atoms with Crippen molar-refractivity contribution in [3.05, 3.63) is 118 Å². The highest BCUT2D eigenvalue weighted by molar-refractivity contribution is 6.31. The summed E-state index contributed by atoms with van der Waals surface area (Å²) >= 11 is 6.24. The number of likely N-dealkylation sites (tertiary alicyclic amines) is 1. The van der Waals surface area contributed by atoms with E-state index in [2.05, 4.69) is 61.1 Å². The Labute approximate surface area is 391 Å². The maximum atomic E-state index is 13.9. The van der Waals surface area contributed by atoms with Gasteiger partial charge in [0.2, 0.25) is 17.7 Å². The number of carbonyl (C=O) groups excluding carboxylic acids is 4. The molecule has 1 heterocycles. The summed E-state index contributed by atoms with van der Waals surface area (Å²) in [6.07, 6.45) is -1.04. The van der Waals surface area contributed by atoms with Gasteiger partial charge in [-0.1, -0.05) is 96.5 Å². The first-order valence-corrected chi connectivity index (χ1v) is 22.3. The van der Waals surface area contributed by atoms with Crippen molar-refractivity contribution in [2.24, 2.45) is 16.2 Å². The summed E-state index contributed by atoms with van der Waals surface area (Å²) in [5.74, 6) is -0.977. The van der Waals surface area contributed by atoms with Gasteiger partial charge < -0.3 is 40.7 Å². The predicted molar refractivity (Wildman–Crippen MR) is 251 cm³/mol. The van der Waals surface area contributed by atoms with E-state index in [0.717, 1.165) is 22.4 Å². The number of nitrogens with one attached hydrogen (secondary N) is 4. The highest BCUT2D eigenvalue weighted by Gasteiger charge is 2.64. The quantitative estimate of drug-likeness (QED) is 0.0762. The van der Waals surface area contributed by atoms with Gasteiger partial charge in [0, 0.05) is 60.2 Å². The number of aliphatic hydroxyl groups excluding tert-OH is 1. The second-order valence-corrected chi connectivity index (χ2v) is 19.6. The molecule has 4 amide bonds. The SMILES string of the molecule is CC(C)(C)C(NC(=O)COCCNc1ccc(-c2ccc(C(=O)N[C@H]3C(C)(C)[C@H](Oc4ccc(C#N)c(Cl)c4)C3(C)C)cc2)cc1)C(=O)N1C[C@H](O)C[C@H]1C(=O)NCc1ccc(C#N)cc1. The predicted octanol–water partition coefficient (Wildman–Crippen LogP) is 6.60. The number of hydrogen-bond donors (Lipinski definition) is 5. The van der Waals surface area contributed by atoms with E-state index in [0.29, 0.717) is 34.0 Å². The number of rotatable bonds is 16. The molecule has 6 rings (SSSR count). The molecule has 66 heavy (non-hydrogen) atoms. The van der Waals surface area contributed by atoms with Crippen molar-refractivity contribution in [3.8, 4) is 29.0 Å². The molecule has 1 aliphatic carbocycles. The molecule has 2 aliphatic rings. The minimum absolute atomic E-state index is 0.0401. The van der Waals surface area contributed by atoms with E-state index >= 15 is 0 Å². The Morgan fingerprint density at radius 3 is 2.12 bits per heavy atom. The molecular formula is C51H58ClN7O7. The molecule has 4 aromatic rings. The first-order chi connectivity index (χ1) is 31.2. The van der Waals surface area contributed by atoms with Gasteiger partial charge in [0.25, 0.3) is 5.91 Å². The number of benzene rings is 4. The number of hydrogen-bond acceptors (Lipinski definition) is 10. The molecule has 1 saturated heterocycles. The Kier molecular flexibility index (Phi) is 15.1. The molecule has 5 N–H and O–H groups in total. The van der Waals surface area contributed by atoms with Gasteiger partial charge in [0.05, 0.1) is 34.9 Å². The van der Waals surface area contributed by atoms with Crippen LogP contribution in [-0.4, -0.2) is 90.3 Å². The number of nitriles is 2. The Bertz CT molecular complexity index is 2470. The Hall–Kier alpha value is -6.45. The van der Waals surface area contributed by atoms with Crippen LogP contribution in [0.5, 0.6) is 5.75 Å². The number of β-amino-alcohol motifs (C(OH)–C–C–N with tert-alkyl or cyclic N) is 1. The van der Waals surface area contributed by atoms with Crippen molar-refractivity contribution in [2.45, 2.75) is 91.8 Å².